The molecule has 2 aromatic rings. The van der Waals surface area contributed by atoms with Crippen molar-refractivity contribution in [3.8, 4) is 5.75 Å². The van der Waals surface area contributed by atoms with Crippen molar-refractivity contribution in [3.05, 3.63) is 41.5 Å². The summed E-state index contributed by atoms with van der Waals surface area (Å²) in [6.45, 7) is 1.57. The Morgan fingerprint density at radius 2 is 2.04 bits per heavy atom. The van der Waals surface area contributed by atoms with Crippen LogP contribution in [0.15, 0.2) is 24.3 Å². The van der Waals surface area contributed by atoms with Gasteiger partial charge >= 0.3 is 6.03 Å². The molecule has 0 spiro atoms. The maximum Gasteiger partial charge on any atom is 0.314 e. The molecule has 2 heterocycles. The fourth-order valence-corrected chi connectivity index (χ4v) is 3.21. The molecule has 1 aromatic carbocycles. The number of hydrogen-bond acceptors (Lipinski definition) is 5. The first-order valence-electron chi connectivity index (χ1n) is 9.42. The number of nitrogens with zero attached hydrogens (tertiary/aromatic N) is 3. The van der Waals surface area contributed by atoms with Gasteiger partial charge in [0.05, 0.1) is 13.2 Å². The summed E-state index contributed by atoms with van der Waals surface area (Å²) in [7, 11) is 1.59. The molecular formula is C19H27N5O3. The molecule has 2 amide bonds. The number of fused-ring (bicyclic) bond motifs is 1. The molecular weight excluding hydrogens is 346 g/mol. The fraction of sp³-hybridized carbons (Fsp3) is 0.526. The predicted octanol–water partition coefficient (Wildman–Crippen LogP) is 1.59. The minimum Gasteiger partial charge on any atom is -0.497 e. The molecule has 0 fully saturated rings. The number of nitrogens with one attached hydrogen (secondary N) is 2. The maximum absolute atomic E-state index is 12.0. The lowest BCUT2D eigenvalue weighted by molar-refractivity contribution is 0.173. The summed E-state index contributed by atoms with van der Waals surface area (Å²) in [4.78, 5) is 12.0. The van der Waals surface area contributed by atoms with E-state index in [2.05, 4.69) is 25.4 Å². The van der Waals surface area contributed by atoms with Gasteiger partial charge in [-0.25, -0.2) is 4.79 Å². The summed E-state index contributed by atoms with van der Waals surface area (Å²) >= 11 is 0. The second-order valence-electron chi connectivity index (χ2n) is 6.67. The molecule has 1 aliphatic rings. The van der Waals surface area contributed by atoms with Crippen molar-refractivity contribution in [2.75, 3.05) is 20.2 Å². The van der Waals surface area contributed by atoms with Crippen molar-refractivity contribution in [1.82, 2.24) is 25.4 Å². The molecule has 8 nitrogen and oxygen atoms in total. The molecule has 1 atom stereocenters. The average Bonchev–Trinajstić information content (AvgIpc) is 2.92. The largest absolute Gasteiger partial charge is 0.497 e. The van der Waals surface area contributed by atoms with Gasteiger partial charge in [0.2, 0.25) is 0 Å². The molecule has 0 radical (unpaired) electrons. The highest BCUT2D eigenvalue weighted by atomic mass is 16.5. The lowest BCUT2D eigenvalue weighted by Gasteiger charge is -2.13. The van der Waals surface area contributed by atoms with Gasteiger partial charge in [0, 0.05) is 32.5 Å². The van der Waals surface area contributed by atoms with Crippen LogP contribution in [0.2, 0.25) is 0 Å². The molecule has 1 aliphatic heterocycles. The number of aliphatic hydroxyl groups is 1. The van der Waals surface area contributed by atoms with E-state index in [9.17, 15) is 9.90 Å². The second-order valence-corrected chi connectivity index (χ2v) is 6.67. The predicted molar refractivity (Wildman–Crippen MR) is 101 cm³/mol. The van der Waals surface area contributed by atoms with E-state index in [1.807, 2.05) is 0 Å². The third kappa shape index (κ3) is 5.19. The number of rotatable bonds is 7. The third-order valence-corrected chi connectivity index (χ3v) is 4.78. The summed E-state index contributed by atoms with van der Waals surface area (Å²) in [6, 6.07) is 6.80. The van der Waals surface area contributed by atoms with E-state index in [1.54, 1.807) is 31.4 Å². The van der Waals surface area contributed by atoms with Crippen molar-refractivity contribution in [3.63, 3.8) is 0 Å². The molecule has 0 aliphatic carbocycles. The summed E-state index contributed by atoms with van der Waals surface area (Å²) in [5.41, 5.74) is 0.724. The minimum atomic E-state index is -0.770. The van der Waals surface area contributed by atoms with Gasteiger partial charge in [0.15, 0.2) is 0 Å². The Morgan fingerprint density at radius 1 is 1.22 bits per heavy atom. The smallest absolute Gasteiger partial charge is 0.314 e. The molecule has 0 bridgehead atoms. The number of aliphatic hydroxyl groups excluding tert-OH is 1. The number of hydrogen-bond donors (Lipinski definition) is 3. The average molecular weight is 373 g/mol. The zero-order valence-electron chi connectivity index (χ0n) is 15.6. The van der Waals surface area contributed by atoms with Crippen molar-refractivity contribution < 1.29 is 14.6 Å². The third-order valence-electron chi connectivity index (χ3n) is 4.78. The molecule has 3 N–H and O–H groups in total. The van der Waals surface area contributed by atoms with Gasteiger partial charge < -0.3 is 25.0 Å². The number of ether oxygens (including phenoxy) is 1. The lowest BCUT2D eigenvalue weighted by atomic mass is 10.1. The quantitative estimate of drug-likeness (QED) is 0.684. The van der Waals surface area contributed by atoms with E-state index < -0.39 is 6.10 Å². The van der Waals surface area contributed by atoms with E-state index in [4.69, 9.17) is 4.74 Å². The van der Waals surface area contributed by atoms with Gasteiger partial charge in [0.25, 0.3) is 0 Å². The van der Waals surface area contributed by atoms with Crippen LogP contribution >= 0.6 is 0 Å². The number of aromatic nitrogens is 3. The Morgan fingerprint density at radius 3 is 2.81 bits per heavy atom. The summed E-state index contributed by atoms with van der Waals surface area (Å²) < 4.78 is 7.27. The zero-order chi connectivity index (χ0) is 19.1. The van der Waals surface area contributed by atoms with Gasteiger partial charge in [-0.3, -0.25) is 0 Å². The van der Waals surface area contributed by atoms with E-state index in [0.29, 0.717) is 13.0 Å². The van der Waals surface area contributed by atoms with Gasteiger partial charge in [-0.2, -0.15) is 0 Å². The van der Waals surface area contributed by atoms with Crippen LogP contribution in [0.4, 0.5) is 4.79 Å². The van der Waals surface area contributed by atoms with E-state index in [1.165, 1.54) is 6.42 Å². The number of carbonyl (C=O) groups excluding carboxylic acids is 1. The number of aryl methyl sites for hydroxylation is 1. The van der Waals surface area contributed by atoms with E-state index in [0.717, 1.165) is 48.8 Å². The Balaban J connectivity index is 1.40. The monoisotopic (exact) mass is 373 g/mol. The molecule has 27 heavy (non-hydrogen) atoms. The highest BCUT2D eigenvalue weighted by Crippen LogP contribution is 2.17. The van der Waals surface area contributed by atoms with Crippen LogP contribution < -0.4 is 15.4 Å². The normalized spacial score (nSPS) is 14.7. The van der Waals surface area contributed by atoms with Crippen molar-refractivity contribution >= 4 is 6.03 Å². The molecule has 0 saturated heterocycles. The fourth-order valence-electron chi connectivity index (χ4n) is 3.21. The number of urea groups is 1. The molecule has 0 saturated carbocycles. The van der Waals surface area contributed by atoms with Crippen molar-refractivity contribution in [1.29, 1.82) is 0 Å². The van der Waals surface area contributed by atoms with E-state index in [-0.39, 0.29) is 12.6 Å². The SMILES string of the molecule is COc1ccc(C(O)CNC(=O)NCCc2nnc3n2CCCCC3)cc1. The summed E-state index contributed by atoms with van der Waals surface area (Å²) in [5, 5.41) is 24.2. The first kappa shape index (κ1) is 19.2. The maximum atomic E-state index is 12.0. The molecule has 146 valence electrons. The van der Waals surface area contributed by atoms with Crippen LogP contribution in [0.1, 0.15) is 42.6 Å². The van der Waals surface area contributed by atoms with Crippen LogP contribution in [0.3, 0.4) is 0 Å². The summed E-state index contributed by atoms with van der Waals surface area (Å²) in [6.07, 6.45) is 4.38. The molecule has 3 rings (SSSR count). The minimum absolute atomic E-state index is 0.137. The Kier molecular flexibility index (Phi) is 6.64. The van der Waals surface area contributed by atoms with E-state index >= 15 is 0 Å². The van der Waals surface area contributed by atoms with Gasteiger partial charge in [-0.05, 0) is 30.5 Å². The Bertz CT molecular complexity index is 744. The second kappa shape index (κ2) is 9.36. The number of amides is 2. The molecule has 1 unspecified atom stereocenters. The topological polar surface area (TPSA) is 101 Å². The highest BCUT2D eigenvalue weighted by Gasteiger charge is 2.15. The Hall–Kier alpha value is -2.61. The standard InChI is InChI=1S/C19H27N5O3/c1-27-15-8-6-14(7-9-15)16(25)13-21-19(26)20-11-10-18-23-22-17-5-3-2-4-12-24(17)18/h6-9,16,25H,2-5,10-13H2,1H3,(H2,20,21,26). The first-order chi connectivity index (χ1) is 13.2. The molecule has 1 aromatic heterocycles. The van der Waals surface area contributed by atoms with Crippen LogP contribution in [0.5, 0.6) is 5.75 Å². The first-order valence-corrected chi connectivity index (χ1v) is 9.42. The van der Waals surface area contributed by atoms with Crippen LogP contribution in [-0.4, -0.2) is 46.1 Å². The number of benzene rings is 1. The van der Waals surface area contributed by atoms with Crippen molar-refractivity contribution in [2.24, 2.45) is 0 Å². The van der Waals surface area contributed by atoms with Crippen LogP contribution in [0, 0.1) is 0 Å². The van der Waals surface area contributed by atoms with Gasteiger partial charge in [-0.1, -0.05) is 18.6 Å². The molecule has 8 heteroatoms. The van der Waals surface area contributed by atoms with Gasteiger partial charge in [0.1, 0.15) is 17.4 Å². The Labute approximate surface area is 158 Å². The highest BCUT2D eigenvalue weighted by molar-refractivity contribution is 5.73. The van der Waals surface area contributed by atoms with Crippen LogP contribution in [0.25, 0.3) is 0 Å². The summed E-state index contributed by atoms with van der Waals surface area (Å²) in [5.74, 6) is 2.70. The number of methoxy groups -OCH3 is 1. The lowest BCUT2D eigenvalue weighted by Crippen LogP contribution is -2.38. The number of carbonyl (C=O) groups is 1. The van der Waals surface area contributed by atoms with Crippen molar-refractivity contribution in [2.45, 2.75) is 44.8 Å². The van der Waals surface area contributed by atoms with Gasteiger partial charge in [-0.15, -0.1) is 10.2 Å². The zero-order valence-corrected chi connectivity index (χ0v) is 15.6. The van der Waals surface area contributed by atoms with Crippen LogP contribution in [-0.2, 0) is 19.4 Å².